The Labute approximate surface area is 431 Å². The molecule has 0 bridgehead atoms. The van der Waals surface area contributed by atoms with Crippen LogP contribution in [-0.4, -0.2) is 153 Å². The molecule has 72 heavy (non-hydrogen) atoms. The molecule has 20 heteroatoms. The normalized spacial score (nSPS) is 34.8. The molecule has 1 aromatic rings. The maximum absolute atomic E-state index is 13.9. The highest BCUT2D eigenvalue weighted by molar-refractivity contribution is 6.39. The first-order valence-electron chi connectivity index (χ1n) is 24.2. The molecule has 0 amide bonds. The molecule has 4 rings (SSSR count). The summed E-state index contributed by atoms with van der Waals surface area (Å²) in [6.07, 6.45) is -5.45. The van der Waals surface area contributed by atoms with Crippen molar-refractivity contribution < 1.29 is 88.0 Å². The Kier molecular flexibility index (Phi) is 22.4. The Hall–Kier alpha value is -3.89. The van der Waals surface area contributed by atoms with Crippen LogP contribution in [0.15, 0.2) is 58.7 Å². The number of hydrogen-bond donors (Lipinski definition) is 7. The third-order valence-corrected chi connectivity index (χ3v) is 13.8. The number of methoxy groups -OCH3 is 1. The van der Waals surface area contributed by atoms with Crippen LogP contribution in [0.3, 0.4) is 0 Å². The van der Waals surface area contributed by atoms with E-state index in [1.807, 2.05) is 32.9 Å². The first kappa shape index (κ1) is 60.7. The topological polar surface area (TPSA) is 267 Å². The number of esters is 3. The number of aliphatic hydroxyl groups excluding tert-OH is 5. The molecule has 14 atom stereocenters. The van der Waals surface area contributed by atoms with Gasteiger partial charge in [-0.1, -0.05) is 86.9 Å². The lowest BCUT2D eigenvalue weighted by Gasteiger charge is -2.47. The highest BCUT2D eigenvalue weighted by atomic mass is 35.5. The van der Waals surface area contributed by atoms with Crippen LogP contribution < -0.4 is 0 Å². The fourth-order valence-electron chi connectivity index (χ4n) is 8.60. The van der Waals surface area contributed by atoms with Crippen LogP contribution in [0.1, 0.15) is 111 Å². The van der Waals surface area contributed by atoms with Crippen LogP contribution in [-0.2, 0) is 53.9 Å². The molecular formula is C52H74Cl2O18. The van der Waals surface area contributed by atoms with Crippen LogP contribution in [0.4, 0.5) is 0 Å². The zero-order chi connectivity index (χ0) is 54.1. The average Bonchev–Trinajstić information content (AvgIpc) is 3.32. The molecule has 2 fully saturated rings. The van der Waals surface area contributed by atoms with Crippen molar-refractivity contribution >= 4 is 41.1 Å². The van der Waals surface area contributed by atoms with E-state index < -0.39 is 144 Å². The second-order valence-corrected chi connectivity index (χ2v) is 20.1. The van der Waals surface area contributed by atoms with Gasteiger partial charge in [0.2, 0.25) is 0 Å². The number of allylic oxidation sites excluding steroid dienone is 4. The molecule has 0 radical (unpaired) electrons. The van der Waals surface area contributed by atoms with Crippen LogP contribution in [0, 0.1) is 11.8 Å². The van der Waals surface area contributed by atoms with E-state index in [0.717, 1.165) is 0 Å². The second-order valence-electron chi connectivity index (χ2n) is 19.4. The predicted octanol–water partition coefficient (Wildman–Crippen LogP) is 6.23. The summed E-state index contributed by atoms with van der Waals surface area (Å²) in [7, 11) is 1.26. The molecule has 3 aliphatic rings. The standard InChI is InChI=1S/C52H74Cl2O18/c1-13-30-22-26(6)33(56)18-16-15-17-31(23-66-51-45(65-12)42(61)44(29(9)67-51)69-49(64)35-32(14-2)36(53)39(58)37(54)38(35)57)48(63)68-34(28(8)55)20-19-25(5)21-27(7)43(30)70-50-41(60)40(59)46(52(10,11)72-50)71-47(62)24(3)4/h15-17,19,21-22,24,28-30,33-34,40-46,50-51,55-61H,13-14,18,20,23H2,1-12H3/b16-15+,25-19-,26-22-,27-21-,31-17+/t28-,29-,30+,33+,34+,40-,41+,42+,43?,44-,45+,46?,50-,51-/m1/s1. The Morgan fingerprint density at radius 3 is 2.17 bits per heavy atom. The van der Waals surface area contributed by atoms with Gasteiger partial charge in [0.1, 0.15) is 46.7 Å². The van der Waals surface area contributed by atoms with Crippen molar-refractivity contribution in [3.05, 3.63) is 79.9 Å². The summed E-state index contributed by atoms with van der Waals surface area (Å²) in [6, 6.07) is 0. The first-order valence-corrected chi connectivity index (χ1v) is 24.9. The number of halogens is 2. The monoisotopic (exact) mass is 1060 g/mol. The van der Waals surface area contributed by atoms with Gasteiger partial charge in [0.25, 0.3) is 0 Å². The number of aromatic hydroxyl groups is 2. The number of aliphatic hydroxyl groups is 5. The Bertz CT molecular complexity index is 2220. The molecule has 18 nitrogen and oxygen atoms in total. The number of carbonyl (C=O) groups is 3. The summed E-state index contributed by atoms with van der Waals surface area (Å²) in [4.78, 5) is 40.0. The van der Waals surface area contributed by atoms with Gasteiger partial charge >= 0.3 is 17.9 Å². The number of rotatable bonds is 13. The summed E-state index contributed by atoms with van der Waals surface area (Å²) >= 11 is 12.3. The van der Waals surface area contributed by atoms with E-state index in [4.69, 9.17) is 61.1 Å². The van der Waals surface area contributed by atoms with E-state index >= 15 is 0 Å². The van der Waals surface area contributed by atoms with Crippen molar-refractivity contribution in [3.8, 4) is 11.5 Å². The van der Waals surface area contributed by atoms with Crippen molar-refractivity contribution in [2.45, 2.75) is 187 Å². The summed E-state index contributed by atoms with van der Waals surface area (Å²) in [6.45, 7) is 18.1. The van der Waals surface area contributed by atoms with E-state index in [0.29, 0.717) is 23.1 Å². The van der Waals surface area contributed by atoms with Gasteiger partial charge in [-0.05, 0) is 90.5 Å². The summed E-state index contributed by atoms with van der Waals surface area (Å²) < 4.78 is 47.5. The highest BCUT2D eigenvalue weighted by Gasteiger charge is 2.53. The minimum Gasteiger partial charge on any atom is -0.505 e. The lowest BCUT2D eigenvalue weighted by molar-refractivity contribution is -0.333. The quantitative estimate of drug-likeness (QED) is 0.0655. The third-order valence-electron chi connectivity index (χ3n) is 13.0. The molecule has 2 saturated heterocycles. The molecule has 0 saturated carbocycles. The zero-order valence-corrected chi connectivity index (χ0v) is 44.5. The molecule has 1 aromatic carbocycles. The van der Waals surface area contributed by atoms with Gasteiger partial charge in [0.05, 0.1) is 47.5 Å². The van der Waals surface area contributed by atoms with Gasteiger partial charge in [-0.2, -0.15) is 0 Å². The maximum Gasteiger partial charge on any atom is 0.342 e. The van der Waals surface area contributed by atoms with Gasteiger partial charge in [0.15, 0.2) is 36.3 Å². The van der Waals surface area contributed by atoms with Gasteiger partial charge < -0.3 is 73.6 Å². The molecule has 0 spiro atoms. The lowest BCUT2D eigenvalue weighted by Crippen LogP contribution is -2.64. The molecule has 404 valence electrons. The van der Waals surface area contributed by atoms with Gasteiger partial charge in [-0.15, -0.1) is 0 Å². The maximum atomic E-state index is 13.9. The van der Waals surface area contributed by atoms with Crippen molar-refractivity contribution in [1.82, 2.24) is 0 Å². The van der Waals surface area contributed by atoms with Crippen molar-refractivity contribution in [2.75, 3.05) is 13.7 Å². The summed E-state index contributed by atoms with van der Waals surface area (Å²) in [5, 5.41) is 76.5. The number of phenols is 2. The molecule has 0 aromatic heterocycles. The fourth-order valence-corrected chi connectivity index (χ4v) is 9.16. The van der Waals surface area contributed by atoms with Crippen LogP contribution >= 0.6 is 23.2 Å². The minimum atomic E-state index is -1.61. The Morgan fingerprint density at radius 1 is 0.903 bits per heavy atom. The van der Waals surface area contributed by atoms with Gasteiger partial charge in [0, 0.05) is 19.4 Å². The molecule has 7 N–H and O–H groups in total. The average molecular weight is 1060 g/mol. The van der Waals surface area contributed by atoms with Gasteiger partial charge in [-0.3, -0.25) is 4.79 Å². The smallest absolute Gasteiger partial charge is 0.342 e. The van der Waals surface area contributed by atoms with Crippen molar-refractivity contribution in [3.63, 3.8) is 0 Å². The van der Waals surface area contributed by atoms with E-state index in [-0.39, 0.29) is 35.4 Å². The third kappa shape index (κ3) is 14.7. The summed E-state index contributed by atoms with van der Waals surface area (Å²) in [5.41, 5.74) is 0.318. The number of hydrogen-bond acceptors (Lipinski definition) is 18. The van der Waals surface area contributed by atoms with Gasteiger partial charge in [-0.25, -0.2) is 9.59 Å². The number of ether oxygens (including phenoxy) is 8. The largest absolute Gasteiger partial charge is 0.505 e. The van der Waals surface area contributed by atoms with Crippen LogP contribution in [0.5, 0.6) is 11.5 Å². The lowest BCUT2D eigenvalue weighted by atomic mass is 9.88. The minimum absolute atomic E-state index is 0.0372. The predicted molar refractivity (Wildman–Crippen MR) is 265 cm³/mol. The number of carbonyl (C=O) groups excluding carboxylic acids is 3. The second kappa shape index (κ2) is 26.5. The highest BCUT2D eigenvalue weighted by Crippen LogP contribution is 2.45. The number of benzene rings is 1. The van der Waals surface area contributed by atoms with Crippen LogP contribution in [0.25, 0.3) is 0 Å². The Balaban J connectivity index is 1.61. The number of phenolic OH excluding ortho intramolecular Hbond substituents is 2. The fraction of sp³-hybridized carbons (Fsp3) is 0.635. The van der Waals surface area contributed by atoms with Crippen molar-refractivity contribution in [2.24, 2.45) is 11.8 Å². The van der Waals surface area contributed by atoms with Crippen LogP contribution in [0.2, 0.25) is 10.0 Å². The zero-order valence-electron chi connectivity index (χ0n) is 43.0. The SMILES string of the molecule is CCc1c(Cl)c(O)c(Cl)c(O)c1C(=O)O[C@H]1[C@H](O)[C@H](OC)[C@H](OC/C2=C\C=C\C[C@H](O)/C(C)=C\[C@H](CC)C(O[C@@H]3OC(C)(C)C(OC(=O)C(C)C)[C@H](O)[C@@H]3O)/C(C)=C\C(C)=C/C[C@@H]([C@@H](C)O)OC2=O)O[C@@H]1C. The van der Waals surface area contributed by atoms with E-state index in [2.05, 4.69) is 0 Å². The van der Waals surface area contributed by atoms with Crippen molar-refractivity contribution in [1.29, 1.82) is 0 Å². The van der Waals surface area contributed by atoms with E-state index in [9.17, 15) is 50.1 Å². The molecular weight excluding hydrogens is 983 g/mol. The molecule has 2 unspecified atom stereocenters. The summed E-state index contributed by atoms with van der Waals surface area (Å²) in [5.74, 6) is -4.78. The molecule has 3 aliphatic heterocycles. The molecule has 0 aliphatic carbocycles. The Morgan fingerprint density at radius 2 is 1.57 bits per heavy atom. The number of cyclic esters (lactones) is 1. The first-order chi connectivity index (χ1) is 33.7. The van der Waals surface area contributed by atoms with E-state index in [1.165, 1.54) is 33.1 Å². The molecule has 3 heterocycles. The van der Waals surface area contributed by atoms with E-state index in [1.54, 1.807) is 53.7 Å².